The van der Waals surface area contributed by atoms with Gasteiger partial charge in [-0.2, -0.15) is 0 Å². The normalized spacial score (nSPS) is 10.5. The number of nitrogens with one attached hydrogen (secondary N) is 2. The summed E-state index contributed by atoms with van der Waals surface area (Å²) in [6.45, 7) is 4.59. The highest BCUT2D eigenvalue weighted by Gasteiger charge is 2.08. The number of anilines is 2. The lowest BCUT2D eigenvalue weighted by Crippen LogP contribution is -2.26. The highest BCUT2D eigenvalue weighted by atomic mass is 19.1. The summed E-state index contributed by atoms with van der Waals surface area (Å²) in [5.74, 6) is -0.499. The maximum atomic E-state index is 12.9. The van der Waals surface area contributed by atoms with Crippen molar-refractivity contribution in [2.24, 2.45) is 0 Å². The predicted octanol–water partition coefficient (Wildman–Crippen LogP) is 4.55. The van der Waals surface area contributed by atoms with Crippen molar-refractivity contribution in [1.82, 2.24) is 10.3 Å². The van der Waals surface area contributed by atoms with Gasteiger partial charge in [-0.1, -0.05) is 18.2 Å². The molecule has 0 aliphatic carbocycles. The van der Waals surface area contributed by atoms with Crippen LogP contribution in [0.4, 0.5) is 15.8 Å². The van der Waals surface area contributed by atoms with Crippen LogP contribution in [0.2, 0.25) is 0 Å². The molecule has 3 rings (SSSR count). The van der Waals surface area contributed by atoms with Crippen molar-refractivity contribution in [1.29, 1.82) is 0 Å². The van der Waals surface area contributed by atoms with Gasteiger partial charge in [0.05, 0.1) is 0 Å². The third kappa shape index (κ3) is 5.14. The van der Waals surface area contributed by atoms with E-state index >= 15 is 0 Å². The average Bonchev–Trinajstić information content (AvgIpc) is 2.66. The van der Waals surface area contributed by atoms with Crippen LogP contribution in [0.1, 0.15) is 27.2 Å². The van der Waals surface area contributed by atoms with Crippen LogP contribution < -0.4 is 10.6 Å². The lowest BCUT2D eigenvalue weighted by molar-refractivity contribution is 0.0949. The van der Waals surface area contributed by atoms with Crippen LogP contribution >= 0.6 is 0 Å². The van der Waals surface area contributed by atoms with Crippen molar-refractivity contribution >= 4 is 17.3 Å². The maximum absolute atomic E-state index is 12.9. The van der Waals surface area contributed by atoms with E-state index in [4.69, 9.17) is 0 Å². The molecule has 27 heavy (non-hydrogen) atoms. The van der Waals surface area contributed by atoms with Gasteiger partial charge in [0.15, 0.2) is 0 Å². The minimum atomic E-state index is -0.264. The Morgan fingerprint density at radius 2 is 1.70 bits per heavy atom. The molecule has 138 valence electrons. The molecule has 2 aromatic carbocycles. The molecule has 5 heteroatoms. The Balaban J connectivity index is 1.59. The standard InChI is InChI=1S/C22H22FN3O/c1-15-3-8-19(13-16(15)2)26-20-10-12-24-21(14-20)22(27)25-11-9-17-4-6-18(23)7-5-17/h3-8,10,12-14H,9,11H2,1-2H3,(H,24,26)(H,25,27). The van der Waals surface area contributed by atoms with Crippen LogP contribution in [-0.2, 0) is 6.42 Å². The van der Waals surface area contributed by atoms with Crippen molar-refractivity contribution < 1.29 is 9.18 Å². The molecule has 0 atom stereocenters. The van der Waals surface area contributed by atoms with Gasteiger partial charge in [0.1, 0.15) is 11.5 Å². The fourth-order valence-corrected chi connectivity index (χ4v) is 2.68. The lowest BCUT2D eigenvalue weighted by Gasteiger charge is -2.10. The van der Waals surface area contributed by atoms with Gasteiger partial charge in [-0.05, 0) is 73.4 Å². The molecule has 0 spiro atoms. The van der Waals surface area contributed by atoms with E-state index in [0.29, 0.717) is 18.7 Å². The molecule has 3 aromatic rings. The number of pyridine rings is 1. The molecule has 0 fully saturated rings. The fourth-order valence-electron chi connectivity index (χ4n) is 2.68. The second kappa shape index (κ2) is 8.45. The number of rotatable bonds is 6. The van der Waals surface area contributed by atoms with E-state index in [9.17, 15) is 9.18 Å². The van der Waals surface area contributed by atoms with Crippen molar-refractivity contribution in [3.05, 3.63) is 89.0 Å². The summed E-state index contributed by atoms with van der Waals surface area (Å²) < 4.78 is 12.9. The number of benzene rings is 2. The van der Waals surface area contributed by atoms with Crippen LogP contribution in [-0.4, -0.2) is 17.4 Å². The summed E-state index contributed by atoms with van der Waals surface area (Å²) in [5.41, 5.74) is 5.52. The summed E-state index contributed by atoms with van der Waals surface area (Å²) in [5, 5.41) is 6.15. The molecule has 0 saturated carbocycles. The highest BCUT2D eigenvalue weighted by molar-refractivity contribution is 5.93. The van der Waals surface area contributed by atoms with E-state index in [1.165, 1.54) is 23.3 Å². The zero-order valence-corrected chi connectivity index (χ0v) is 15.4. The summed E-state index contributed by atoms with van der Waals surface area (Å²) >= 11 is 0. The number of aromatic nitrogens is 1. The third-order valence-electron chi connectivity index (χ3n) is 4.40. The Bertz CT molecular complexity index is 939. The first-order chi connectivity index (χ1) is 13.0. The Morgan fingerprint density at radius 1 is 0.963 bits per heavy atom. The van der Waals surface area contributed by atoms with Gasteiger partial charge in [-0.25, -0.2) is 4.39 Å². The van der Waals surface area contributed by atoms with Gasteiger partial charge in [0, 0.05) is 24.1 Å². The van der Waals surface area contributed by atoms with Gasteiger partial charge in [0.25, 0.3) is 5.91 Å². The van der Waals surface area contributed by atoms with Crippen molar-refractivity contribution in [3.63, 3.8) is 0 Å². The second-order valence-electron chi connectivity index (χ2n) is 6.49. The number of carbonyl (C=O) groups is 1. The van der Waals surface area contributed by atoms with E-state index in [1.807, 2.05) is 12.1 Å². The Kier molecular flexibility index (Phi) is 5.81. The second-order valence-corrected chi connectivity index (χ2v) is 6.49. The molecular weight excluding hydrogens is 341 g/mol. The topological polar surface area (TPSA) is 54.0 Å². The SMILES string of the molecule is Cc1ccc(Nc2ccnc(C(=O)NCCc3ccc(F)cc3)c2)cc1C. The summed E-state index contributed by atoms with van der Waals surface area (Å²) in [6, 6.07) is 15.9. The predicted molar refractivity (Wildman–Crippen MR) is 106 cm³/mol. The zero-order valence-electron chi connectivity index (χ0n) is 15.4. The van der Waals surface area contributed by atoms with Gasteiger partial charge >= 0.3 is 0 Å². The minimum absolute atomic E-state index is 0.235. The average molecular weight is 363 g/mol. The molecule has 1 amide bonds. The van der Waals surface area contributed by atoms with E-state index in [-0.39, 0.29) is 11.7 Å². The fraction of sp³-hybridized carbons (Fsp3) is 0.182. The maximum Gasteiger partial charge on any atom is 0.269 e. The number of nitrogens with zero attached hydrogens (tertiary/aromatic N) is 1. The molecule has 0 bridgehead atoms. The van der Waals surface area contributed by atoms with Crippen molar-refractivity contribution in [2.75, 3.05) is 11.9 Å². The van der Waals surface area contributed by atoms with Crippen LogP contribution in [0.3, 0.4) is 0 Å². The molecule has 2 N–H and O–H groups in total. The molecule has 0 aliphatic rings. The quantitative estimate of drug-likeness (QED) is 0.675. The summed E-state index contributed by atoms with van der Waals surface area (Å²) in [7, 11) is 0. The molecule has 0 aliphatic heterocycles. The number of halogens is 1. The Hall–Kier alpha value is -3.21. The lowest BCUT2D eigenvalue weighted by atomic mass is 10.1. The molecule has 0 unspecified atom stereocenters. The van der Waals surface area contributed by atoms with Crippen molar-refractivity contribution in [3.8, 4) is 0 Å². The van der Waals surface area contributed by atoms with Gasteiger partial charge in [0.2, 0.25) is 0 Å². The van der Waals surface area contributed by atoms with Crippen LogP contribution in [0.25, 0.3) is 0 Å². The molecule has 0 radical (unpaired) electrons. The van der Waals surface area contributed by atoms with Crippen LogP contribution in [0.15, 0.2) is 60.8 Å². The van der Waals surface area contributed by atoms with Gasteiger partial charge in [-0.3, -0.25) is 9.78 Å². The van der Waals surface area contributed by atoms with E-state index in [1.54, 1.807) is 24.4 Å². The van der Waals surface area contributed by atoms with Crippen LogP contribution in [0, 0.1) is 19.7 Å². The molecule has 0 saturated heterocycles. The number of hydrogen-bond acceptors (Lipinski definition) is 3. The molecule has 4 nitrogen and oxygen atoms in total. The smallest absolute Gasteiger partial charge is 0.269 e. The number of carbonyl (C=O) groups excluding carboxylic acids is 1. The van der Waals surface area contributed by atoms with E-state index in [2.05, 4.69) is 41.6 Å². The molecule has 1 aromatic heterocycles. The number of hydrogen-bond donors (Lipinski definition) is 2. The number of aryl methyl sites for hydroxylation is 2. The molecular formula is C22H22FN3O. The Labute approximate surface area is 158 Å². The highest BCUT2D eigenvalue weighted by Crippen LogP contribution is 2.19. The van der Waals surface area contributed by atoms with Crippen molar-refractivity contribution in [2.45, 2.75) is 20.3 Å². The summed E-state index contributed by atoms with van der Waals surface area (Å²) in [6.07, 6.45) is 2.24. The first-order valence-electron chi connectivity index (χ1n) is 8.84. The Morgan fingerprint density at radius 3 is 2.44 bits per heavy atom. The van der Waals surface area contributed by atoms with E-state index in [0.717, 1.165) is 16.9 Å². The van der Waals surface area contributed by atoms with Gasteiger partial charge < -0.3 is 10.6 Å². The first kappa shape index (κ1) is 18.6. The number of amides is 1. The molecule has 1 heterocycles. The zero-order chi connectivity index (χ0) is 19.2. The third-order valence-corrected chi connectivity index (χ3v) is 4.40. The largest absolute Gasteiger partial charge is 0.355 e. The monoisotopic (exact) mass is 363 g/mol. The first-order valence-corrected chi connectivity index (χ1v) is 8.84. The van der Waals surface area contributed by atoms with E-state index < -0.39 is 0 Å². The van der Waals surface area contributed by atoms with Gasteiger partial charge in [-0.15, -0.1) is 0 Å². The summed E-state index contributed by atoms with van der Waals surface area (Å²) in [4.78, 5) is 16.5. The van der Waals surface area contributed by atoms with Crippen LogP contribution in [0.5, 0.6) is 0 Å². The minimum Gasteiger partial charge on any atom is -0.355 e.